The highest BCUT2D eigenvalue weighted by molar-refractivity contribution is 5.98. The second kappa shape index (κ2) is 7.53. The fourth-order valence-corrected chi connectivity index (χ4v) is 3.83. The summed E-state index contributed by atoms with van der Waals surface area (Å²) in [6.45, 7) is 1.03. The van der Waals surface area contributed by atoms with E-state index in [0.29, 0.717) is 48.9 Å². The zero-order valence-corrected chi connectivity index (χ0v) is 15.4. The van der Waals surface area contributed by atoms with Crippen LogP contribution in [0.5, 0.6) is 11.5 Å². The molecular formula is C20H22N2O6. The molecule has 0 spiro atoms. The van der Waals surface area contributed by atoms with Crippen molar-refractivity contribution in [3.05, 3.63) is 30.3 Å². The van der Waals surface area contributed by atoms with E-state index in [2.05, 4.69) is 10.3 Å². The van der Waals surface area contributed by atoms with Crippen molar-refractivity contribution in [2.75, 3.05) is 19.8 Å². The highest BCUT2D eigenvalue weighted by atomic mass is 16.6. The molecule has 1 aromatic heterocycles. The number of ether oxygens (including phenoxy) is 2. The van der Waals surface area contributed by atoms with Crippen LogP contribution >= 0.6 is 0 Å². The second-order valence-corrected chi connectivity index (χ2v) is 7.22. The predicted octanol–water partition coefficient (Wildman–Crippen LogP) is 2.88. The lowest BCUT2D eigenvalue weighted by Crippen LogP contribution is -2.44. The molecule has 0 atom stereocenters. The number of hydrogen-bond donors (Lipinski definition) is 2. The molecule has 28 heavy (non-hydrogen) atoms. The third-order valence-corrected chi connectivity index (χ3v) is 5.44. The van der Waals surface area contributed by atoms with Crippen molar-refractivity contribution in [2.45, 2.75) is 32.1 Å². The number of aromatic nitrogens is 1. The molecule has 1 fully saturated rings. The molecule has 2 N–H and O–H groups in total. The van der Waals surface area contributed by atoms with Gasteiger partial charge in [0.2, 0.25) is 0 Å². The Morgan fingerprint density at radius 3 is 2.61 bits per heavy atom. The van der Waals surface area contributed by atoms with E-state index in [1.165, 1.54) is 6.39 Å². The molecule has 1 aliphatic carbocycles. The summed E-state index contributed by atoms with van der Waals surface area (Å²) in [4.78, 5) is 28.5. The highest BCUT2D eigenvalue weighted by Gasteiger charge is 2.40. The van der Waals surface area contributed by atoms with Crippen molar-refractivity contribution in [1.29, 1.82) is 0 Å². The van der Waals surface area contributed by atoms with Crippen LogP contribution in [0.15, 0.2) is 29.0 Å². The fourth-order valence-electron chi connectivity index (χ4n) is 3.83. The van der Waals surface area contributed by atoms with Gasteiger partial charge >= 0.3 is 5.97 Å². The third-order valence-electron chi connectivity index (χ3n) is 5.44. The Morgan fingerprint density at radius 2 is 1.86 bits per heavy atom. The fraction of sp³-hybridized carbons (Fsp3) is 0.450. The van der Waals surface area contributed by atoms with Crippen LogP contribution in [0.4, 0.5) is 0 Å². The van der Waals surface area contributed by atoms with Gasteiger partial charge in [0.25, 0.3) is 5.91 Å². The maximum atomic E-state index is 12.7. The van der Waals surface area contributed by atoms with Gasteiger partial charge in [0.05, 0.1) is 5.41 Å². The molecule has 0 saturated heterocycles. The summed E-state index contributed by atoms with van der Waals surface area (Å²) in [7, 11) is 0. The molecule has 1 amide bonds. The van der Waals surface area contributed by atoms with Crippen molar-refractivity contribution in [3.8, 4) is 22.8 Å². The molecule has 1 saturated carbocycles. The van der Waals surface area contributed by atoms with Crippen LogP contribution in [-0.2, 0) is 4.79 Å². The Bertz CT molecular complexity index is 885. The summed E-state index contributed by atoms with van der Waals surface area (Å²) in [6, 6.07) is 5.27. The van der Waals surface area contributed by atoms with Gasteiger partial charge in [0.15, 0.2) is 29.3 Å². The van der Waals surface area contributed by atoms with Crippen molar-refractivity contribution >= 4 is 11.9 Å². The molecule has 1 aliphatic heterocycles. The van der Waals surface area contributed by atoms with Gasteiger partial charge in [-0.15, -0.1) is 0 Å². The Hall–Kier alpha value is -3.03. The molecule has 2 heterocycles. The van der Waals surface area contributed by atoms with Crippen LogP contribution in [0.3, 0.4) is 0 Å². The van der Waals surface area contributed by atoms with Gasteiger partial charge < -0.3 is 24.3 Å². The summed E-state index contributed by atoms with van der Waals surface area (Å²) < 4.78 is 16.5. The zero-order valence-electron chi connectivity index (χ0n) is 15.4. The van der Waals surface area contributed by atoms with Crippen LogP contribution in [0.2, 0.25) is 0 Å². The topological polar surface area (TPSA) is 111 Å². The quantitative estimate of drug-likeness (QED) is 0.813. The van der Waals surface area contributed by atoms with Gasteiger partial charge in [-0.25, -0.2) is 4.98 Å². The van der Waals surface area contributed by atoms with Crippen molar-refractivity contribution in [3.63, 3.8) is 0 Å². The van der Waals surface area contributed by atoms with Crippen molar-refractivity contribution in [2.24, 2.45) is 5.41 Å². The molecule has 0 radical (unpaired) electrons. The van der Waals surface area contributed by atoms with E-state index in [4.69, 9.17) is 13.9 Å². The van der Waals surface area contributed by atoms with Gasteiger partial charge in [0, 0.05) is 12.1 Å². The van der Waals surface area contributed by atoms with Gasteiger partial charge in [0.1, 0.15) is 13.2 Å². The Morgan fingerprint density at radius 1 is 1.11 bits per heavy atom. The number of nitrogens with zero attached hydrogens (tertiary/aromatic N) is 1. The number of aliphatic carboxylic acids is 1. The van der Waals surface area contributed by atoms with E-state index < -0.39 is 17.3 Å². The number of hydrogen-bond acceptors (Lipinski definition) is 6. The molecule has 8 nitrogen and oxygen atoms in total. The highest BCUT2D eigenvalue weighted by Crippen LogP contribution is 2.37. The van der Waals surface area contributed by atoms with E-state index in [9.17, 15) is 14.7 Å². The Balaban J connectivity index is 1.52. The lowest BCUT2D eigenvalue weighted by molar-refractivity contribution is -0.150. The van der Waals surface area contributed by atoms with Crippen molar-refractivity contribution in [1.82, 2.24) is 10.3 Å². The number of rotatable bonds is 5. The molecule has 0 bridgehead atoms. The number of nitrogens with one attached hydrogen (secondary N) is 1. The lowest BCUT2D eigenvalue weighted by atomic mass is 9.74. The molecule has 2 aromatic rings. The van der Waals surface area contributed by atoms with Crippen LogP contribution < -0.4 is 14.8 Å². The smallest absolute Gasteiger partial charge is 0.311 e. The molecule has 1 aromatic carbocycles. The number of carboxylic acids is 1. The number of amides is 1. The third kappa shape index (κ3) is 3.42. The number of fused-ring (bicyclic) bond motifs is 1. The maximum absolute atomic E-state index is 12.7. The zero-order chi connectivity index (χ0) is 19.6. The first-order valence-electron chi connectivity index (χ1n) is 9.44. The minimum Gasteiger partial charge on any atom is -0.486 e. The minimum atomic E-state index is -0.908. The molecule has 8 heteroatoms. The average Bonchev–Trinajstić information content (AvgIpc) is 3.22. The summed E-state index contributed by atoms with van der Waals surface area (Å²) >= 11 is 0. The normalized spacial score (nSPS) is 17.7. The van der Waals surface area contributed by atoms with Crippen LogP contribution in [0, 0.1) is 5.41 Å². The number of carbonyl (C=O) groups is 2. The number of carboxylic acid groups (broad SMARTS) is 1. The van der Waals surface area contributed by atoms with E-state index >= 15 is 0 Å². The van der Waals surface area contributed by atoms with Gasteiger partial charge in [-0.1, -0.05) is 19.3 Å². The Labute approximate surface area is 161 Å². The average molecular weight is 386 g/mol. The summed E-state index contributed by atoms with van der Waals surface area (Å²) in [5.74, 6) is 0.215. The molecule has 2 aliphatic rings. The van der Waals surface area contributed by atoms with Crippen LogP contribution in [-0.4, -0.2) is 41.7 Å². The van der Waals surface area contributed by atoms with Crippen LogP contribution in [0.1, 0.15) is 42.6 Å². The minimum absolute atomic E-state index is 0.0780. The van der Waals surface area contributed by atoms with Gasteiger partial charge in [-0.3, -0.25) is 9.59 Å². The first-order chi connectivity index (χ1) is 13.6. The first-order valence-corrected chi connectivity index (χ1v) is 9.44. The molecule has 0 unspecified atom stereocenters. The lowest BCUT2D eigenvalue weighted by Gasteiger charge is -2.33. The van der Waals surface area contributed by atoms with E-state index in [1.54, 1.807) is 18.2 Å². The molecule has 4 rings (SSSR count). The molecular weight excluding hydrogens is 364 g/mol. The monoisotopic (exact) mass is 386 g/mol. The van der Waals surface area contributed by atoms with Crippen LogP contribution in [0.25, 0.3) is 11.3 Å². The van der Waals surface area contributed by atoms with Gasteiger partial charge in [-0.05, 0) is 31.0 Å². The SMILES string of the molecule is O=C(NCC1(C(=O)O)CCCCC1)c1ncoc1-c1ccc2c(c1)OCCO2. The van der Waals surface area contributed by atoms with Gasteiger partial charge in [-0.2, -0.15) is 0 Å². The number of carbonyl (C=O) groups excluding carboxylic acids is 1. The molecule has 148 valence electrons. The number of benzene rings is 1. The van der Waals surface area contributed by atoms with E-state index in [0.717, 1.165) is 19.3 Å². The Kier molecular flexibility index (Phi) is 4.93. The predicted molar refractivity (Wildman–Crippen MR) is 98.4 cm³/mol. The number of oxazole rings is 1. The maximum Gasteiger partial charge on any atom is 0.311 e. The first kappa shape index (κ1) is 18.3. The van der Waals surface area contributed by atoms with E-state index in [1.807, 2.05) is 0 Å². The standard InChI is InChI=1S/C20H22N2O6/c23-18(21-11-20(19(24)25)6-2-1-3-7-20)16-17(28-12-22-16)13-4-5-14-15(10-13)27-9-8-26-14/h4-5,10,12H,1-3,6-9,11H2,(H,21,23)(H,24,25). The largest absolute Gasteiger partial charge is 0.486 e. The summed E-state index contributed by atoms with van der Waals surface area (Å²) in [5, 5.41) is 12.4. The summed E-state index contributed by atoms with van der Waals surface area (Å²) in [6.07, 6.45) is 5.07. The van der Waals surface area contributed by atoms with Crippen molar-refractivity contribution < 1.29 is 28.6 Å². The second-order valence-electron chi connectivity index (χ2n) is 7.22. The van der Waals surface area contributed by atoms with E-state index in [-0.39, 0.29) is 12.2 Å². The summed E-state index contributed by atoms with van der Waals surface area (Å²) in [5.41, 5.74) is -0.153.